The Bertz CT molecular complexity index is 424. The van der Waals surface area contributed by atoms with Crippen LogP contribution in [0.5, 0.6) is 0 Å². The molecule has 2 nitrogen and oxygen atoms in total. The van der Waals surface area contributed by atoms with Gasteiger partial charge in [-0.15, -0.1) is 0 Å². The number of hydrogen-bond acceptors (Lipinski definition) is 1. The lowest BCUT2D eigenvalue weighted by Gasteiger charge is -2.16. The predicted molar refractivity (Wildman–Crippen MR) is 73.2 cm³/mol. The molecule has 1 atom stereocenters. The number of rotatable bonds is 4. The highest BCUT2D eigenvalue weighted by Gasteiger charge is 2.25. The van der Waals surface area contributed by atoms with Crippen LogP contribution in [-0.2, 0) is 11.2 Å². The SMILES string of the molecule is O=C(Cc1cccc(F)c1)N1CCC(CCBr)C1. The Morgan fingerprint density at radius 2 is 2.33 bits per heavy atom. The van der Waals surface area contributed by atoms with Crippen LogP contribution in [0, 0.1) is 11.7 Å². The van der Waals surface area contributed by atoms with Crippen molar-refractivity contribution in [3.05, 3.63) is 35.6 Å². The maximum absolute atomic E-state index is 13.0. The molecule has 0 spiro atoms. The van der Waals surface area contributed by atoms with E-state index >= 15 is 0 Å². The molecule has 0 aromatic heterocycles. The standard InChI is InChI=1S/C14H17BrFNO/c15-6-4-11-5-7-17(10-11)14(18)9-12-2-1-3-13(16)8-12/h1-3,8,11H,4-7,9-10H2. The van der Waals surface area contributed by atoms with Gasteiger partial charge in [-0.05, 0) is 36.5 Å². The van der Waals surface area contributed by atoms with Crippen molar-refractivity contribution in [2.24, 2.45) is 5.92 Å². The van der Waals surface area contributed by atoms with Gasteiger partial charge >= 0.3 is 0 Å². The minimum absolute atomic E-state index is 0.109. The van der Waals surface area contributed by atoms with Crippen LogP contribution in [0.3, 0.4) is 0 Å². The topological polar surface area (TPSA) is 20.3 Å². The zero-order chi connectivity index (χ0) is 13.0. The summed E-state index contributed by atoms with van der Waals surface area (Å²) < 4.78 is 13.0. The Hall–Kier alpha value is -0.900. The third-order valence-electron chi connectivity index (χ3n) is 3.40. The summed E-state index contributed by atoms with van der Waals surface area (Å²) in [5.41, 5.74) is 0.754. The highest BCUT2D eigenvalue weighted by molar-refractivity contribution is 9.09. The Balaban J connectivity index is 1.89. The summed E-state index contributed by atoms with van der Waals surface area (Å²) in [6.45, 7) is 1.69. The van der Waals surface area contributed by atoms with Gasteiger partial charge in [0.1, 0.15) is 5.82 Å². The molecule has 1 aromatic carbocycles. The van der Waals surface area contributed by atoms with Crippen molar-refractivity contribution in [1.29, 1.82) is 0 Å². The summed E-state index contributed by atoms with van der Waals surface area (Å²) in [6.07, 6.45) is 2.50. The largest absolute Gasteiger partial charge is 0.342 e. The predicted octanol–water partition coefficient (Wildman–Crippen LogP) is 3.00. The van der Waals surface area contributed by atoms with E-state index in [1.54, 1.807) is 12.1 Å². The van der Waals surface area contributed by atoms with Crippen molar-refractivity contribution in [2.45, 2.75) is 19.3 Å². The quantitative estimate of drug-likeness (QED) is 0.783. The highest BCUT2D eigenvalue weighted by Crippen LogP contribution is 2.21. The summed E-state index contributed by atoms with van der Waals surface area (Å²) in [4.78, 5) is 14.0. The van der Waals surface area contributed by atoms with Crippen molar-refractivity contribution in [3.8, 4) is 0 Å². The number of amides is 1. The lowest BCUT2D eigenvalue weighted by molar-refractivity contribution is -0.129. The minimum atomic E-state index is -0.279. The molecule has 0 aliphatic carbocycles. The normalized spacial score (nSPS) is 19.2. The van der Waals surface area contributed by atoms with Gasteiger partial charge < -0.3 is 4.90 Å². The third kappa shape index (κ3) is 3.55. The van der Waals surface area contributed by atoms with E-state index in [1.807, 2.05) is 4.90 Å². The van der Waals surface area contributed by atoms with E-state index in [4.69, 9.17) is 0 Å². The maximum atomic E-state index is 13.0. The van der Waals surface area contributed by atoms with E-state index in [0.29, 0.717) is 12.3 Å². The van der Waals surface area contributed by atoms with Gasteiger partial charge in [-0.2, -0.15) is 0 Å². The summed E-state index contributed by atoms with van der Waals surface area (Å²) >= 11 is 3.43. The fourth-order valence-corrected chi connectivity index (χ4v) is 3.03. The molecule has 1 unspecified atom stereocenters. The fraction of sp³-hybridized carbons (Fsp3) is 0.500. The number of nitrogens with zero attached hydrogens (tertiary/aromatic N) is 1. The van der Waals surface area contributed by atoms with Crippen LogP contribution in [0.1, 0.15) is 18.4 Å². The minimum Gasteiger partial charge on any atom is -0.342 e. The summed E-state index contributed by atoms with van der Waals surface area (Å²) in [5.74, 6) is 0.442. The molecule has 2 rings (SSSR count). The van der Waals surface area contributed by atoms with Crippen LogP contribution in [0.25, 0.3) is 0 Å². The van der Waals surface area contributed by atoms with Crippen LogP contribution in [-0.4, -0.2) is 29.2 Å². The molecule has 1 aromatic rings. The Morgan fingerprint density at radius 3 is 3.06 bits per heavy atom. The second-order valence-electron chi connectivity index (χ2n) is 4.78. The van der Waals surface area contributed by atoms with Crippen LogP contribution < -0.4 is 0 Å². The Morgan fingerprint density at radius 1 is 1.50 bits per heavy atom. The summed E-state index contributed by atoms with van der Waals surface area (Å²) in [7, 11) is 0. The first-order chi connectivity index (χ1) is 8.69. The highest BCUT2D eigenvalue weighted by atomic mass is 79.9. The molecule has 1 aliphatic rings. The molecule has 98 valence electrons. The molecule has 0 N–H and O–H groups in total. The third-order valence-corrected chi connectivity index (χ3v) is 3.86. The molecular weight excluding hydrogens is 297 g/mol. The van der Waals surface area contributed by atoms with E-state index in [9.17, 15) is 9.18 Å². The van der Waals surface area contributed by atoms with Gasteiger partial charge in [0.15, 0.2) is 0 Å². The van der Waals surface area contributed by atoms with Crippen LogP contribution in [0.4, 0.5) is 4.39 Å². The Labute approximate surface area is 115 Å². The lowest BCUT2D eigenvalue weighted by Crippen LogP contribution is -2.30. The van der Waals surface area contributed by atoms with Crippen LogP contribution >= 0.6 is 15.9 Å². The van der Waals surface area contributed by atoms with Gasteiger partial charge in [0, 0.05) is 18.4 Å². The van der Waals surface area contributed by atoms with E-state index in [-0.39, 0.29) is 11.7 Å². The molecule has 0 saturated carbocycles. The smallest absolute Gasteiger partial charge is 0.227 e. The number of carbonyl (C=O) groups excluding carboxylic acids is 1. The number of carbonyl (C=O) groups is 1. The van der Waals surface area contributed by atoms with Gasteiger partial charge in [-0.1, -0.05) is 28.1 Å². The fourth-order valence-electron chi connectivity index (χ4n) is 2.38. The number of likely N-dealkylation sites (tertiary alicyclic amines) is 1. The zero-order valence-corrected chi connectivity index (χ0v) is 11.8. The molecule has 1 amide bonds. The lowest BCUT2D eigenvalue weighted by atomic mass is 10.1. The van der Waals surface area contributed by atoms with Gasteiger partial charge in [0.05, 0.1) is 6.42 Å². The molecule has 1 aliphatic heterocycles. The van der Waals surface area contributed by atoms with Crippen molar-refractivity contribution in [2.75, 3.05) is 18.4 Å². The van der Waals surface area contributed by atoms with Crippen LogP contribution in [0.15, 0.2) is 24.3 Å². The molecule has 0 radical (unpaired) electrons. The molecule has 4 heteroatoms. The number of halogens is 2. The first kappa shape index (κ1) is 13.5. The molecule has 0 bridgehead atoms. The van der Waals surface area contributed by atoms with Gasteiger partial charge in [0.2, 0.25) is 5.91 Å². The van der Waals surface area contributed by atoms with E-state index in [1.165, 1.54) is 12.1 Å². The maximum Gasteiger partial charge on any atom is 0.227 e. The number of alkyl halides is 1. The molecular formula is C14H17BrFNO. The van der Waals surface area contributed by atoms with Crippen LogP contribution in [0.2, 0.25) is 0 Å². The number of benzene rings is 1. The van der Waals surface area contributed by atoms with Crippen molar-refractivity contribution in [1.82, 2.24) is 4.90 Å². The van der Waals surface area contributed by atoms with Crippen molar-refractivity contribution in [3.63, 3.8) is 0 Å². The summed E-state index contributed by atoms with van der Waals surface area (Å²) in [5, 5.41) is 0.990. The average Bonchev–Trinajstić information content (AvgIpc) is 2.78. The number of hydrogen-bond donors (Lipinski definition) is 0. The van der Waals surface area contributed by atoms with Gasteiger partial charge in [0.25, 0.3) is 0 Å². The average molecular weight is 314 g/mol. The van der Waals surface area contributed by atoms with E-state index in [2.05, 4.69) is 15.9 Å². The second kappa shape index (κ2) is 6.32. The van der Waals surface area contributed by atoms with E-state index < -0.39 is 0 Å². The van der Waals surface area contributed by atoms with Gasteiger partial charge in [-0.3, -0.25) is 4.79 Å². The molecule has 1 saturated heterocycles. The first-order valence-electron chi connectivity index (χ1n) is 6.27. The zero-order valence-electron chi connectivity index (χ0n) is 10.2. The second-order valence-corrected chi connectivity index (χ2v) is 5.57. The molecule has 1 heterocycles. The molecule has 1 fully saturated rings. The van der Waals surface area contributed by atoms with Crippen molar-refractivity contribution < 1.29 is 9.18 Å². The van der Waals surface area contributed by atoms with Gasteiger partial charge in [-0.25, -0.2) is 4.39 Å². The monoisotopic (exact) mass is 313 g/mol. The molecule has 18 heavy (non-hydrogen) atoms. The summed E-state index contributed by atoms with van der Waals surface area (Å²) in [6, 6.07) is 6.28. The Kier molecular flexibility index (Phi) is 4.75. The van der Waals surface area contributed by atoms with Crippen molar-refractivity contribution >= 4 is 21.8 Å². The first-order valence-corrected chi connectivity index (χ1v) is 7.39. The van der Waals surface area contributed by atoms with E-state index in [0.717, 1.165) is 36.8 Å².